The Morgan fingerprint density at radius 2 is 1.71 bits per heavy atom. The molecular formula is C16H13BrN2O2. The number of halogens is 1. The van der Waals surface area contributed by atoms with Gasteiger partial charge in [-0.25, -0.2) is 0 Å². The van der Waals surface area contributed by atoms with E-state index >= 15 is 0 Å². The Balaban J connectivity index is 1.76. The lowest BCUT2D eigenvalue weighted by Gasteiger charge is -2.10. The van der Waals surface area contributed by atoms with Gasteiger partial charge in [-0.05, 0) is 43.3 Å². The van der Waals surface area contributed by atoms with Gasteiger partial charge >= 0.3 is 0 Å². The average Bonchev–Trinajstić information content (AvgIpc) is 2.99. The molecule has 0 aliphatic carbocycles. The molecule has 0 aliphatic heterocycles. The van der Waals surface area contributed by atoms with Gasteiger partial charge in [-0.1, -0.05) is 34.1 Å². The van der Waals surface area contributed by atoms with E-state index in [1.54, 1.807) is 0 Å². The van der Waals surface area contributed by atoms with Crippen molar-refractivity contribution in [1.29, 1.82) is 0 Å². The predicted molar refractivity (Wildman–Crippen MR) is 82.9 cm³/mol. The van der Waals surface area contributed by atoms with Crippen LogP contribution in [0.5, 0.6) is 5.75 Å². The lowest BCUT2D eigenvalue weighted by molar-refractivity contribution is 0.189. The molecule has 4 nitrogen and oxygen atoms in total. The van der Waals surface area contributed by atoms with Gasteiger partial charge in [0, 0.05) is 10.0 Å². The molecule has 2 aromatic carbocycles. The molecule has 21 heavy (non-hydrogen) atoms. The standard InChI is InChI=1S/C16H13BrN2O2/c1-11(20-14-5-3-2-4-6-14)15-18-19-16(21-15)12-7-9-13(17)10-8-12/h2-11H,1H3. The van der Waals surface area contributed by atoms with E-state index in [1.807, 2.05) is 61.5 Å². The second-order valence-electron chi connectivity index (χ2n) is 4.53. The lowest BCUT2D eigenvalue weighted by Crippen LogP contribution is -2.03. The van der Waals surface area contributed by atoms with Crippen LogP contribution in [0.3, 0.4) is 0 Å². The summed E-state index contributed by atoms with van der Waals surface area (Å²) < 4.78 is 12.5. The largest absolute Gasteiger partial charge is 0.481 e. The van der Waals surface area contributed by atoms with Crippen molar-refractivity contribution in [1.82, 2.24) is 10.2 Å². The van der Waals surface area contributed by atoms with E-state index in [9.17, 15) is 0 Å². The summed E-state index contributed by atoms with van der Waals surface area (Å²) in [6.07, 6.45) is -0.302. The molecule has 3 rings (SSSR count). The first-order chi connectivity index (χ1) is 10.2. The van der Waals surface area contributed by atoms with Crippen molar-refractivity contribution in [2.24, 2.45) is 0 Å². The third kappa shape index (κ3) is 3.31. The van der Waals surface area contributed by atoms with Gasteiger partial charge in [0.15, 0.2) is 6.10 Å². The second kappa shape index (κ2) is 6.10. The first-order valence-corrected chi connectivity index (χ1v) is 7.33. The number of nitrogens with zero attached hydrogens (tertiary/aromatic N) is 2. The van der Waals surface area contributed by atoms with Crippen molar-refractivity contribution >= 4 is 15.9 Å². The van der Waals surface area contributed by atoms with Crippen LogP contribution in [0.1, 0.15) is 18.9 Å². The molecule has 0 aliphatic rings. The summed E-state index contributed by atoms with van der Waals surface area (Å²) in [6, 6.07) is 17.3. The molecule has 0 radical (unpaired) electrons. The fraction of sp³-hybridized carbons (Fsp3) is 0.125. The zero-order chi connectivity index (χ0) is 14.7. The zero-order valence-electron chi connectivity index (χ0n) is 11.4. The number of hydrogen-bond acceptors (Lipinski definition) is 4. The fourth-order valence-electron chi connectivity index (χ4n) is 1.86. The smallest absolute Gasteiger partial charge is 0.257 e. The molecule has 5 heteroatoms. The molecule has 1 heterocycles. The summed E-state index contributed by atoms with van der Waals surface area (Å²) in [7, 11) is 0. The minimum absolute atomic E-state index is 0.302. The summed E-state index contributed by atoms with van der Waals surface area (Å²) in [5.41, 5.74) is 0.879. The molecule has 1 atom stereocenters. The number of rotatable bonds is 4. The monoisotopic (exact) mass is 344 g/mol. The molecule has 0 fully saturated rings. The van der Waals surface area contributed by atoms with E-state index < -0.39 is 0 Å². The molecule has 0 amide bonds. The van der Waals surface area contributed by atoms with Crippen molar-refractivity contribution in [3.8, 4) is 17.2 Å². The van der Waals surface area contributed by atoms with Crippen LogP contribution in [0.25, 0.3) is 11.5 Å². The number of aromatic nitrogens is 2. The van der Waals surface area contributed by atoms with Crippen molar-refractivity contribution in [3.63, 3.8) is 0 Å². The van der Waals surface area contributed by atoms with Crippen LogP contribution in [-0.4, -0.2) is 10.2 Å². The Hall–Kier alpha value is -2.14. The summed E-state index contributed by atoms with van der Waals surface area (Å²) >= 11 is 3.40. The van der Waals surface area contributed by atoms with Gasteiger partial charge in [0.25, 0.3) is 5.89 Å². The highest BCUT2D eigenvalue weighted by molar-refractivity contribution is 9.10. The SMILES string of the molecule is CC(Oc1ccccc1)c1nnc(-c2ccc(Br)cc2)o1. The van der Waals surface area contributed by atoms with E-state index in [2.05, 4.69) is 26.1 Å². The lowest BCUT2D eigenvalue weighted by atomic mass is 10.2. The minimum atomic E-state index is -0.302. The van der Waals surface area contributed by atoms with E-state index in [0.29, 0.717) is 11.8 Å². The highest BCUT2D eigenvalue weighted by Gasteiger charge is 2.16. The first-order valence-electron chi connectivity index (χ1n) is 6.53. The summed E-state index contributed by atoms with van der Waals surface area (Å²) in [6.45, 7) is 1.88. The van der Waals surface area contributed by atoms with Crippen LogP contribution in [0, 0.1) is 0 Å². The predicted octanol–water partition coefficient (Wildman–Crippen LogP) is 4.64. The Morgan fingerprint density at radius 3 is 2.43 bits per heavy atom. The van der Waals surface area contributed by atoms with Crippen molar-refractivity contribution in [2.75, 3.05) is 0 Å². The molecule has 0 N–H and O–H groups in total. The van der Waals surface area contributed by atoms with Crippen molar-refractivity contribution in [3.05, 3.63) is 65.0 Å². The Bertz CT molecular complexity index is 711. The van der Waals surface area contributed by atoms with E-state index in [1.165, 1.54) is 0 Å². The second-order valence-corrected chi connectivity index (χ2v) is 5.44. The van der Waals surface area contributed by atoms with E-state index in [0.717, 1.165) is 15.8 Å². The van der Waals surface area contributed by atoms with Gasteiger partial charge in [-0.3, -0.25) is 0 Å². The van der Waals surface area contributed by atoms with Crippen molar-refractivity contribution in [2.45, 2.75) is 13.0 Å². The molecule has 0 bridgehead atoms. The Kier molecular flexibility index (Phi) is 4.01. The molecule has 0 saturated carbocycles. The molecule has 0 spiro atoms. The fourth-order valence-corrected chi connectivity index (χ4v) is 2.13. The third-order valence-corrected chi connectivity index (χ3v) is 3.46. The van der Waals surface area contributed by atoms with E-state index in [-0.39, 0.29) is 6.10 Å². The van der Waals surface area contributed by atoms with Gasteiger partial charge in [0.1, 0.15) is 5.75 Å². The van der Waals surface area contributed by atoms with Crippen LogP contribution >= 0.6 is 15.9 Å². The normalized spacial score (nSPS) is 12.1. The van der Waals surface area contributed by atoms with E-state index in [4.69, 9.17) is 9.15 Å². The first kappa shape index (κ1) is 13.8. The van der Waals surface area contributed by atoms with Crippen LogP contribution in [0.15, 0.2) is 63.5 Å². The van der Waals surface area contributed by atoms with Crippen LogP contribution in [0.2, 0.25) is 0 Å². The maximum atomic E-state index is 5.76. The zero-order valence-corrected chi connectivity index (χ0v) is 12.9. The minimum Gasteiger partial charge on any atom is -0.481 e. The van der Waals surface area contributed by atoms with Gasteiger partial charge in [-0.2, -0.15) is 0 Å². The number of para-hydroxylation sites is 1. The molecule has 106 valence electrons. The molecule has 3 aromatic rings. The van der Waals surface area contributed by atoms with Crippen LogP contribution in [0.4, 0.5) is 0 Å². The van der Waals surface area contributed by atoms with Crippen LogP contribution in [-0.2, 0) is 0 Å². The molecule has 1 aromatic heterocycles. The Morgan fingerprint density at radius 1 is 1.00 bits per heavy atom. The highest BCUT2D eigenvalue weighted by Crippen LogP contribution is 2.25. The van der Waals surface area contributed by atoms with Gasteiger partial charge in [0.2, 0.25) is 5.89 Å². The summed E-state index contributed by atoms with van der Waals surface area (Å²) in [4.78, 5) is 0. The number of ether oxygens (including phenoxy) is 1. The summed E-state index contributed by atoms with van der Waals surface area (Å²) in [5.74, 6) is 1.71. The summed E-state index contributed by atoms with van der Waals surface area (Å²) in [5, 5.41) is 8.12. The third-order valence-electron chi connectivity index (χ3n) is 2.94. The number of benzene rings is 2. The van der Waals surface area contributed by atoms with Crippen LogP contribution < -0.4 is 4.74 Å². The van der Waals surface area contributed by atoms with Gasteiger partial charge < -0.3 is 9.15 Å². The number of hydrogen-bond donors (Lipinski definition) is 0. The highest BCUT2D eigenvalue weighted by atomic mass is 79.9. The quantitative estimate of drug-likeness (QED) is 0.691. The average molecular weight is 345 g/mol. The maximum absolute atomic E-state index is 5.76. The molecule has 0 saturated heterocycles. The Labute approximate surface area is 130 Å². The topological polar surface area (TPSA) is 48.2 Å². The maximum Gasteiger partial charge on any atom is 0.257 e. The van der Waals surface area contributed by atoms with Gasteiger partial charge in [0.05, 0.1) is 0 Å². The van der Waals surface area contributed by atoms with Gasteiger partial charge in [-0.15, -0.1) is 10.2 Å². The molecule has 1 unspecified atom stereocenters. The molecular weight excluding hydrogens is 332 g/mol. The van der Waals surface area contributed by atoms with Crippen molar-refractivity contribution < 1.29 is 9.15 Å².